The van der Waals surface area contributed by atoms with Crippen LogP contribution < -0.4 is 16.0 Å². The van der Waals surface area contributed by atoms with E-state index < -0.39 is 0 Å². The maximum Gasteiger partial charge on any atom is 0.251 e. The lowest BCUT2D eigenvalue weighted by molar-refractivity contribution is 0.0963. The third-order valence-corrected chi connectivity index (χ3v) is 4.55. The van der Waals surface area contributed by atoms with E-state index in [0.29, 0.717) is 12.1 Å². The van der Waals surface area contributed by atoms with E-state index >= 15 is 0 Å². The average Bonchev–Trinajstić information content (AvgIpc) is 2.68. The van der Waals surface area contributed by atoms with Gasteiger partial charge in [0.05, 0.1) is 0 Å². The molecule has 0 aliphatic carbocycles. The van der Waals surface area contributed by atoms with Gasteiger partial charge < -0.3 is 16.0 Å². The van der Waals surface area contributed by atoms with Gasteiger partial charge in [0.15, 0.2) is 5.96 Å². The monoisotopic (exact) mass is 484 g/mol. The number of hydrogen-bond donors (Lipinski definition) is 3. The topological polar surface area (TPSA) is 65.5 Å². The minimum absolute atomic E-state index is 0. The lowest BCUT2D eigenvalue weighted by Gasteiger charge is -2.12. The molecule has 0 unspecified atom stereocenters. The molecule has 1 amide bonds. The first-order chi connectivity index (χ1) is 12.2. The summed E-state index contributed by atoms with van der Waals surface area (Å²) in [5.74, 6) is 1.66. The lowest BCUT2D eigenvalue weighted by Crippen LogP contribution is -2.37. The van der Waals surface area contributed by atoms with Crippen molar-refractivity contribution in [3.05, 3.63) is 65.7 Å². The molecule has 2 aromatic rings. The van der Waals surface area contributed by atoms with E-state index in [2.05, 4.69) is 33.1 Å². The highest BCUT2D eigenvalue weighted by molar-refractivity contribution is 14.0. The highest BCUT2D eigenvalue weighted by atomic mass is 127. The smallest absolute Gasteiger partial charge is 0.251 e. The molecule has 0 aromatic heterocycles. The molecule has 26 heavy (non-hydrogen) atoms. The summed E-state index contributed by atoms with van der Waals surface area (Å²) in [4.78, 5) is 17.0. The molecule has 0 saturated carbocycles. The van der Waals surface area contributed by atoms with Crippen molar-refractivity contribution >= 4 is 47.6 Å². The number of amides is 1. The predicted molar refractivity (Wildman–Crippen MR) is 121 cm³/mol. The zero-order valence-corrected chi connectivity index (χ0v) is 18.1. The molecule has 7 heteroatoms. The van der Waals surface area contributed by atoms with Crippen molar-refractivity contribution in [2.75, 3.05) is 26.4 Å². The standard InChI is InChI=1S/C19H24N4OS.HI/c1-20-18(24)16-10-8-15(9-11-16)14-23-19(21-2)22-12-13-25-17-6-4-3-5-7-17;/h3-11H,12-14H2,1-2H3,(H,20,24)(H2,21,22,23);1H. The van der Waals surface area contributed by atoms with E-state index in [1.807, 2.05) is 54.2 Å². The summed E-state index contributed by atoms with van der Waals surface area (Å²) in [6.07, 6.45) is 0. The quantitative estimate of drug-likeness (QED) is 0.186. The van der Waals surface area contributed by atoms with Gasteiger partial charge in [-0.25, -0.2) is 0 Å². The number of aliphatic imine (C=N–C) groups is 1. The first kappa shape index (κ1) is 22.3. The zero-order chi connectivity index (χ0) is 17.9. The molecule has 2 aromatic carbocycles. The van der Waals surface area contributed by atoms with E-state index in [0.717, 1.165) is 23.8 Å². The minimum atomic E-state index is -0.0760. The Morgan fingerprint density at radius 2 is 1.73 bits per heavy atom. The number of benzene rings is 2. The molecule has 140 valence electrons. The Hall–Kier alpha value is -1.74. The van der Waals surface area contributed by atoms with Gasteiger partial charge in [-0.15, -0.1) is 35.7 Å². The van der Waals surface area contributed by atoms with E-state index in [9.17, 15) is 4.79 Å². The number of carbonyl (C=O) groups is 1. The zero-order valence-electron chi connectivity index (χ0n) is 15.0. The summed E-state index contributed by atoms with van der Waals surface area (Å²) in [5.41, 5.74) is 1.75. The molecule has 0 bridgehead atoms. The highest BCUT2D eigenvalue weighted by Crippen LogP contribution is 2.15. The van der Waals surface area contributed by atoms with Gasteiger partial charge in [0.25, 0.3) is 5.91 Å². The second kappa shape index (κ2) is 12.6. The minimum Gasteiger partial charge on any atom is -0.356 e. The van der Waals surface area contributed by atoms with Crippen LogP contribution in [0.1, 0.15) is 15.9 Å². The number of nitrogens with one attached hydrogen (secondary N) is 3. The maximum absolute atomic E-state index is 11.5. The first-order valence-corrected chi connectivity index (χ1v) is 9.15. The van der Waals surface area contributed by atoms with Crippen molar-refractivity contribution < 1.29 is 4.79 Å². The summed E-state index contributed by atoms with van der Waals surface area (Å²) >= 11 is 1.81. The van der Waals surface area contributed by atoms with Crippen molar-refractivity contribution in [3.8, 4) is 0 Å². The van der Waals surface area contributed by atoms with Crippen LogP contribution in [0.15, 0.2) is 64.5 Å². The van der Waals surface area contributed by atoms with Crippen LogP contribution in [0.3, 0.4) is 0 Å². The normalized spacial score (nSPS) is 10.6. The van der Waals surface area contributed by atoms with E-state index in [1.165, 1.54) is 4.90 Å². The Balaban J connectivity index is 0.00000338. The fourth-order valence-electron chi connectivity index (χ4n) is 2.18. The van der Waals surface area contributed by atoms with Crippen molar-refractivity contribution in [3.63, 3.8) is 0 Å². The molecule has 0 spiro atoms. The van der Waals surface area contributed by atoms with Gasteiger partial charge in [-0.05, 0) is 29.8 Å². The first-order valence-electron chi connectivity index (χ1n) is 8.16. The molecule has 2 rings (SSSR count). The number of hydrogen-bond acceptors (Lipinski definition) is 3. The molecule has 0 aliphatic rings. The summed E-state index contributed by atoms with van der Waals surface area (Å²) in [5, 5.41) is 9.19. The van der Waals surface area contributed by atoms with Crippen LogP contribution in [0.2, 0.25) is 0 Å². The number of guanidine groups is 1. The SMILES string of the molecule is CN=C(NCCSc1ccccc1)NCc1ccc(C(=O)NC)cc1.I. The van der Waals surface area contributed by atoms with E-state index in [4.69, 9.17) is 0 Å². The Bertz CT molecular complexity index is 692. The highest BCUT2D eigenvalue weighted by Gasteiger charge is 2.03. The fourth-order valence-corrected chi connectivity index (χ4v) is 2.97. The summed E-state index contributed by atoms with van der Waals surface area (Å²) in [7, 11) is 3.39. The van der Waals surface area contributed by atoms with Crippen molar-refractivity contribution in [1.29, 1.82) is 0 Å². The molecule has 0 fully saturated rings. The second-order valence-corrected chi connectivity index (χ2v) is 6.46. The van der Waals surface area contributed by atoms with Crippen LogP contribution >= 0.6 is 35.7 Å². The Morgan fingerprint density at radius 3 is 2.35 bits per heavy atom. The molecular formula is C19H25IN4OS. The third kappa shape index (κ3) is 7.65. The van der Waals surface area contributed by atoms with Gasteiger partial charge in [-0.1, -0.05) is 30.3 Å². The Kier molecular flexibility index (Phi) is 10.8. The van der Waals surface area contributed by atoms with E-state index in [-0.39, 0.29) is 29.9 Å². The predicted octanol–water partition coefficient (Wildman–Crippen LogP) is 3.12. The van der Waals surface area contributed by atoms with Crippen LogP contribution in [0.5, 0.6) is 0 Å². The summed E-state index contributed by atoms with van der Waals surface area (Å²) in [6, 6.07) is 17.9. The van der Waals surface area contributed by atoms with Gasteiger partial charge in [0.2, 0.25) is 0 Å². The van der Waals surface area contributed by atoms with Crippen LogP contribution in [0, 0.1) is 0 Å². The fraction of sp³-hybridized carbons (Fsp3) is 0.263. The Morgan fingerprint density at radius 1 is 1.04 bits per heavy atom. The van der Waals surface area contributed by atoms with E-state index in [1.54, 1.807) is 14.1 Å². The van der Waals surface area contributed by atoms with Crippen molar-refractivity contribution in [2.24, 2.45) is 4.99 Å². The van der Waals surface area contributed by atoms with Crippen LogP contribution in [0.25, 0.3) is 0 Å². The molecule has 0 atom stereocenters. The molecule has 0 heterocycles. The second-order valence-electron chi connectivity index (χ2n) is 5.29. The molecule has 0 radical (unpaired) electrons. The van der Waals surface area contributed by atoms with Crippen LogP contribution in [0.4, 0.5) is 0 Å². The van der Waals surface area contributed by atoms with Gasteiger partial charge in [-0.3, -0.25) is 9.79 Å². The van der Waals surface area contributed by atoms with Crippen molar-refractivity contribution in [1.82, 2.24) is 16.0 Å². The van der Waals surface area contributed by atoms with Crippen LogP contribution in [-0.4, -0.2) is 38.3 Å². The third-order valence-electron chi connectivity index (χ3n) is 3.53. The lowest BCUT2D eigenvalue weighted by atomic mass is 10.1. The number of rotatable bonds is 7. The number of thioether (sulfide) groups is 1. The van der Waals surface area contributed by atoms with Gasteiger partial charge in [-0.2, -0.15) is 0 Å². The summed E-state index contributed by atoms with van der Waals surface area (Å²) in [6.45, 7) is 1.48. The van der Waals surface area contributed by atoms with Gasteiger partial charge in [0.1, 0.15) is 0 Å². The number of carbonyl (C=O) groups excluding carboxylic acids is 1. The molecule has 5 nitrogen and oxygen atoms in total. The van der Waals surface area contributed by atoms with Gasteiger partial charge in [0, 0.05) is 43.4 Å². The molecule has 3 N–H and O–H groups in total. The van der Waals surface area contributed by atoms with Crippen LogP contribution in [-0.2, 0) is 6.54 Å². The maximum atomic E-state index is 11.5. The van der Waals surface area contributed by atoms with Gasteiger partial charge >= 0.3 is 0 Å². The average molecular weight is 484 g/mol. The summed E-state index contributed by atoms with van der Waals surface area (Å²) < 4.78 is 0. The molecule has 0 saturated heterocycles. The largest absolute Gasteiger partial charge is 0.356 e. The number of halogens is 1. The molecule has 0 aliphatic heterocycles. The molecular weight excluding hydrogens is 459 g/mol. The van der Waals surface area contributed by atoms with Crippen molar-refractivity contribution in [2.45, 2.75) is 11.4 Å². The Labute approximate surface area is 176 Å². The number of nitrogens with zero attached hydrogens (tertiary/aromatic N) is 1.